The van der Waals surface area contributed by atoms with E-state index in [0.717, 1.165) is 6.08 Å². The fourth-order valence-corrected chi connectivity index (χ4v) is 1.65. The number of benzene rings is 1. The smallest absolute Gasteiger partial charge is 0.332 e. The molecule has 0 bridgehead atoms. The van der Waals surface area contributed by atoms with Gasteiger partial charge < -0.3 is 9.47 Å². The second kappa shape index (κ2) is 6.96. The summed E-state index contributed by atoms with van der Waals surface area (Å²) < 4.78 is 9.87. The van der Waals surface area contributed by atoms with E-state index in [9.17, 15) is 9.59 Å². The van der Waals surface area contributed by atoms with E-state index in [1.807, 2.05) is 0 Å². The highest BCUT2D eigenvalue weighted by atomic mass is 79.9. The van der Waals surface area contributed by atoms with Crippen molar-refractivity contribution in [2.24, 2.45) is 0 Å². The summed E-state index contributed by atoms with van der Waals surface area (Å²) in [4.78, 5) is 23.1. The Hall–Kier alpha value is -1.62. The largest absolute Gasteiger partial charge is 0.497 e. The molecule has 0 unspecified atom stereocenters. The van der Waals surface area contributed by atoms with Crippen LogP contribution in [0.3, 0.4) is 0 Å². The Bertz CT molecular complexity index is 462. The van der Waals surface area contributed by atoms with E-state index < -0.39 is 5.97 Å². The molecule has 0 aliphatic heterocycles. The molecule has 0 aliphatic carbocycles. The van der Waals surface area contributed by atoms with Gasteiger partial charge in [0.2, 0.25) is 0 Å². The zero-order chi connectivity index (χ0) is 13.5. The lowest BCUT2D eigenvalue weighted by molar-refractivity contribution is -0.137. The highest BCUT2D eigenvalue weighted by Gasteiger charge is 2.11. The molecule has 4 nitrogen and oxygen atoms in total. The van der Waals surface area contributed by atoms with Gasteiger partial charge in [-0.2, -0.15) is 0 Å². The maximum atomic E-state index is 11.9. The maximum absolute atomic E-state index is 11.9. The van der Waals surface area contributed by atoms with Crippen LogP contribution in [0.4, 0.5) is 0 Å². The van der Waals surface area contributed by atoms with Crippen LogP contribution in [0.15, 0.2) is 34.8 Å². The SMILES string of the molecule is CCOC(=O)/C=C(\Br)C(=O)c1ccc(OC)cc1. The summed E-state index contributed by atoms with van der Waals surface area (Å²) in [5, 5.41) is 0. The van der Waals surface area contributed by atoms with Gasteiger partial charge >= 0.3 is 5.97 Å². The Morgan fingerprint density at radius 1 is 1.28 bits per heavy atom. The molecule has 96 valence electrons. The summed E-state index contributed by atoms with van der Waals surface area (Å²) in [6.45, 7) is 1.97. The normalized spacial score (nSPS) is 10.9. The molecule has 0 fully saturated rings. The summed E-state index contributed by atoms with van der Waals surface area (Å²) in [5.41, 5.74) is 0.461. The van der Waals surface area contributed by atoms with Gasteiger partial charge in [0.1, 0.15) is 5.75 Å². The zero-order valence-electron chi connectivity index (χ0n) is 10.1. The van der Waals surface area contributed by atoms with Gasteiger partial charge in [0, 0.05) is 11.6 Å². The monoisotopic (exact) mass is 312 g/mol. The van der Waals surface area contributed by atoms with Crippen molar-refractivity contribution >= 4 is 27.7 Å². The Morgan fingerprint density at radius 2 is 1.89 bits per heavy atom. The van der Waals surface area contributed by atoms with Gasteiger partial charge in [-0.05, 0) is 47.1 Å². The molecule has 0 spiro atoms. The predicted octanol–water partition coefficient (Wildman–Crippen LogP) is 2.72. The summed E-state index contributed by atoms with van der Waals surface area (Å²) in [6, 6.07) is 6.61. The van der Waals surface area contributed by atoms with Crippen LogP contribution < -0.4 is 4.74 Å². The fourth-order valence-electron chi connectivity index (χ4n) is 1.23. The third kappa shape index (κ3) is 4.00. The molecule has 0 amide bonds. The van der Waals surface area contributed by atoms with E-state index in [0.29, 0.717) is 11.3 Å². The van der Waals surface area contributed by atoms with Crippen LogP contribution >= 0.6 is 15.9 Å². The van der Waals surface area contributed by atoms with E-state index >= 15 is 0 Å². The van der Waals surface area contributed by atoms with Crippen LogP contribution in [0.1, 0.15) is 17.3 Å². The quantitative estimate of drug-likeness (QED) is 0.476. The van der Waals surface area contributed by atoms with Crippen LogP contribution in [-0.4, -0.2) is 25.5 Å². The average molecular weight is 313 g/mol. The highest BCUT2D eigenvalue weighted by molar-refractivity contribution is 9.12. The van der Waals surface area contributed by atoms with Crippen molar-refractivity contribution in [3.63, 3.8) is 0 Å². The molecule has 0 saturated heterocycles. The molecule has 0 atom stereocenters. The van der Waals surface area contributed by atoms with E-state index in [1.165, 1.54) is 0 Å². The van der Waals surface area contributed by atoms with Crippen molar-refractivity contribution < 1.29 is 19.1 Å². The molecule has 0 N–H and O–H groups in total. The Kier molecular flexibility index (Phi) is 5.58. The Morgan fingerprint density at radius 3 is 2.39 bits per heavy atom. The fraction of sp³-hybridized carbons (Fsp3) is 0.231. The van der Waals surface area contributed by atoms with Gasteiger partial charge in [-0.1, -0.05) is 0 Å². The van der Waals surface area contributed by atoms with Crippen molar-refractivity contribution in [2.45, 2.75) is 6.92 Å². The molecule has 0 saturated carbocycles. The first-order valence-corrected chi connectivity index (χ1v) is 6.10. The second-order valence-corrected chi connectivity index (χ2v) is 4.16. The molecule has 5 heteroatoms. The second-order valence-electron chi connectivity index (χ2n) is 3.30. The standard InChI is InChI=1S/C13H13BrO4/c1-3-18-12(15)8-11(14)13(16)9-4-6-10(17-2)7-5-9/h4-8H,3H2,1-2H3/b11-8-. The van der Waals surface area contributed by atoms with Crippen LogP contribution in [0.25, 0.3) is 0 Å². The average Bonchev–Trinajstić information content (AvgIpc) is 2.38. The summed E-state index contributed by atoms with van der Waals surface area (Å²) >= 11 is 3.07. The summed E-state index contributed by atoms with van der Waals surface area (Å²) in [7, 11) is 1.55. The van der Waals surface area contributed by atoms with Crippen molar-refractivity contribution in [1.29, 1.82) is 0 Å². The number of carbonyl (C=O) groups is 2. The van der Waals surface area contributed by atoms with Gasteiger partial charge in [-0.3, -0.25) is 4.79 Å². The minimum Gasteiger partial charge on any atom is -0.497 e. The first-order valence-electron chi connectivity index (χ1n) is 5.31. The number of hydrogen-bond donors (Lipinski definition) is 0. The Labute approximate surface area is 114 Å². The number of carbonyl (C=O) groups excluding carboxylic acids is 2. The molecule has 1 aromatic rings. The number of esters is 1. The zero-order valence-corrected chi connectivity index (χ0v) is 11.7. The minimum atomic E-state index is -0.550. The van der Waals surface area contributed by atoms with Crippen LogP contribution in [0, 0.1) is 0 Å². The topological polar surface area (TPSA) is 52.6 Å². The number of methoxy groups -OCH3 is 1. The highest BCUT2D eigenvalue weighted by Crippen LogP contribution is 2.17. The third-order valence-electron chi connectivity index (χ3n) is 2.10. The maximum Gasteiger partial charge on any atom is 0.332 e. The van der Waals surface area contributed by atoms with Crippen molar-refractivity contribution in [3.8, 4) is 5.75 Å². The number of rotatable bonds is 5. The molecule has 1 aromatic carbocycles. The summed E-state index contributed by atoms with van der Waals surface area (Å²) in [5.74, 6) is -0.172. The van der Waals surface area contributed by atoms with Crippen molar-refractivity contribution in [1.82, 2.24) is 0 Å². The molecule has 0 aromatic heterocycles. The number of ketones is 1. The van der Waals surface area contributed by atoms with E-state index in [2.05, 4.69) is 15.9 Å². The molecule has 1 rings (SSSR count). The lowest BCUT2D eigenvalue weighted by Crippen LogP contribution is -2.04. The van der Waals surface area contributed by atoms with E-state index in [-0.39, 0.29) is 16.9 Å². The van der Waals surface area contributed by atoms with Crippen molar-refractivity contribution in [3.05, 3.63) is 40.4 Å². The molecule has 18 heavy (non-hydrogen) atoms. The first kappa shape index (κ1) is 14.4. The number of ether oxygens (including phenoxy) is 2. The van der Waals surface area contributed by atoms with Gasteiger partial charge in [-0.25, -0.2) is 4.79 Å². The molecular formula is C13H13BrO4. The van der Waals surface area contributed by atoms with E-state index in [4.69, 9.17) is 9.47 Å². The van der Waals surface area contributed by atoms with Gasteiger partial charge in [-0.15, -0.1) is 0 Å². The molecule has 0 radical (unpaired) electrons. The van der Waals surface area contributed by atoms with Crippen molar-refractivity contribution in [2.75, 3.05) is 13.7 Å². The van der Waals surface area contributed by atoms with Gasteiger partial charge in [0.25, 0.3) is 0 Å². The van der Waals surface area contributed by atoms with Crippen LogP contribution in [-0.2, 0) is 9.53 Å². The Balaban J connectivity index is 2.82. The number of hydrogen-bond acceptors (Lipinski definition) is 4. The minimum absolute atomic E-state index is 0.158. The van der Waals surface area contributed by atoms with Crippen LogP contribution in [0.5, 0.6) is 5.75 Å². The lowest BCUT2D eigenvalue weighted by atomic mass is 10.1. The summed E-state index contributed by atoms with van der Waals surface area (Å²) in [6.07, 6.45) is 1.12. The third-order valence-corrected chi connectivity index (χ3v) is 2.69. The lowest BCUT2D eigenvalue weighted by Gasteiger charge is -2.02. The van der Waals surface area contributed by atoms with Gasteiger partial charge in [0.05, 0.1) is 18.2 Å². The number of halogens is 1. The van der Waals surface area contributed by atoms with Crippen LogP contribution in [0.2, 0.25) is 0 Å². The van der Waals surface area contributed by atoms with E-state index in [1.54, 1.807) is 38.3 Å². The first-order chi connectivity index (χ1) is 8.58. The molecular weight excluding hydrogens is 300 g/mol. The number of allylic oxidation sites excluding steroid dienone is 1. The number of Topliss-reactive ketones (excluding diaryl/α,β-unsaturated/α-hetero) is 1. The predicted molar refractivity (Wildman–Crippen MR) is 71.0 cm³/mol. The molecule has 0 aliphatic rings. The molecule has 0 heterocycles. The van der Waals surface area contributed by atoms with Gasteiger partial charge in [0.15, 0.2) is 5.78 Å².